The number of piperidine rings is 1. The minimum atomic E-state index is 1.20. The van der Waals surface area contributed by atoms with Crippen molar-refractivity contribution in [2.24, 2.45) is 0 Å². The molecule has 0 N–H and O–H groups in total. The molecule has 3 nitrogen and oxygen atoms in total. The maximum Gasteiger partial charge on any atom is 0.187 e. The molecule has 0 radical (unpaired) electrons. The summed E-state index contributed by atoms with van der Waals surface area (Å²) in [5.74, 6) is 1.21. The van der Waals surface area contributed by atoms with Crippen molar-refractivity contribution >= 4 is 22.3 Å². The topological polar surface area (TPSA) is 19.4 Å². The summed E-state index contributed by atoms with van der Waals surface area (Å²) in [5, 5.41) is 3.47. The molecule has 0 bridgehead atoms. The summed E-state index contributed by atoms with van der Waals surface area (Å²) in [6.45, 7) is 4.80. The van der Waals surface area contributed by atoms with Gasteiger partial charge in [0.1, 0.15) is 5.82 Å². The predicted octanol–water partition coefficient (Wildman–Crippen LogP) is 2.73. The highest BCUT2D eigenvalue weighted by Gasteiger charge is 2.18. The summed E-state index contributed by atoms with van der Waals surface area (Å²) in [6, 6.07) is 0. The van der Waals surface area contributed by atoms with Crippen molar-refractivity contribution in [3.05, 3.63) is 5.38 Å². The predicted molar refractivity (Wildman–Crippen MR) is 69.6 cm³/mol. The monoisotopic (exact) mass is 237 g/mol. The van der Waals surface area contributed by atoms with Gasteiger partial charge < -0.3 is 9.80 Å². The Balaban J connectivity index is 1.71. The van der Waals surface area contributed by atoms with E-state index in [1.807, 2.05) is 11.3 Å². The average molecular weight is 237 g/mol. The van der Waals surface area contributed by atoms with Crippen LogP contribution in [-0.2, 0) is 0 Å². The molecule has 1 aromatic rings. The van der Waals surface area contributed by atoms with Crippen LogP contribution in [0, 0.1) is 0 Å². The molecule has 0 saturated carbocycles. The highest BCUT2D eigenvalue weighted by atomic mass is 32.1. The second-order valence-corrected chi connectivity index (χ2v) is 5.57. The van der Waals surface area contributed by atoms with Gasteiger partial charge in [-0.05, 0) is 32.1 Å². The van der Waals surface area contributed by atoms with E-state index in [0.29, 0.717) is 0 Å². The van der Waals surface area contributed by atoms with Crippen LogP contribution in [0.2, 0.25) is 0 Å². The lowest BCUT2D eigenvalue weighted by molar-refractivity contribution is 0.577. The molecule has 88 valence electrons. The van der Waals surface area contributed by atoms with Gasteiger partial charge in [0.25, 0.3) is 0 Å². The molecule has 16 heavy (non-hydrogen) atoms. The molecule has 0 aromatic carbocycles. The Morgan fingerprint density at radius 1 is 0.875 bits per heavy atom. The lowest BCUT2D eigenvalue weighted by atomic mass is 10.1. The number of nitrogens with zero attached hydrogens (tertiary/aromatic N) is 3. The van der Waals surface area contributed by atoms with Crippen molar-refractivity contribution < 1.29 is 0 Å². The van der Waals surface area contributed by atoms with Gasteiger partial charge in [0, 0.05) is 31.6 Å². The van der Waals surface area contributed by atoms with Crippen molar-refractivity contribution in [2.45, 2.75) is 32.1 Å². The molecular weight excluding hydrogens is 218 g/mol. The lowest BCUT2D eigenvalue weighted by Gasteiger charge is -2.26. The molecule has 2 aliphatic heterocycles. The molecule has 0 aliphatic carbocycles. The van der Waals surface area contributed by atoms with E-state index in [2.05, 4.69) is 15.2 Å². The molecule has 1 aromatic heterocycles. The molecule has 0 unspecified atom stereocenters. The van der Waals surface area contributed by atoms with Crippen molar-refractivity contribution in [1.82, 2.24) is 4.98 Å². The molecule has 2 saturated heterocycles. The second kappa shape index (κ2) is 4.62. The normalized spacial score (nSPS) is 21.8. The van der Waals surface area contributed by atoms with Crippen LogP contribution in [0.5, 0.6) is 0 Å². The van der Waals surface area contributed by atoms with Crippen LogP contribution in [0.15, 0.2) is 5.38 Å². The number of hydrogen-bond acceptors (Lipinski definition) is 4. The maximum atomic E-state index is 4.79. The fourth-order valence-electron chi connectivity index (χ4n) is 2.58. The van der Waals surface area contributed by atoms with Crippen LogP contribution in [0.3, 0.4) is 0 Å². The minimum absolute atomic E-state index is 1.20. The van der Waals surface area contributed by atoms with Crippen molar-refractivity contribution in [3.8, 4) is 0 Å². The van der Waals surface area contributed by atoms with Crippen LogP contribution in [-0.4, -0.2) is 31.2 Å². The van der Waals surface area contributed by atoms with Crippen molar-refractivity contribution in [1.29, 1.82) is 0 Å². The summed E-state index contributed by atoms with van der Waals surface area (Å²) in [5.41, 5.74) is 0. The number of aromatic nitrogens is 1. The van der Waals surface area contributed by atoms with Gasteiger partial charge in [-0.1, -0.05) is 0 Å². The number of rotatable bonds is 2. The largest absolute Gasteiger partial charge is 0.356 e. The van der Waals surface area contributed by atoms with E-state index >= 15 is 0 Å². The number of anilines is 2. The van der Waals surface area contributed by atoms with Gasteiger partial charge in [0.15, 0.2) is 5.13 Å². The first-order chi connectivity index (χ1) is 7.93. The minimum Gasteiger partial charge on any atom is -0.356 e. The summed E-state index contributed by atoms with van der Waals surface area (Å²) in [7, 11) is 0. The summed E-state index contributed by atoms with van der Waals surface area (Å²) in [6.07, 6.45) is 6.71. The van der Waals surface area contributed by atoms with Gasteiger partial charge in [0.05, 0.1) is 0 Å². The number of hydrogen-bond donors (Lipinski definition) is 0. The Morgan fingerprint density at radius 3 is 2.25 bits per heavy atom. The van der Waals surface area contributed by atoms with E-state index < -0.39 is 0 Å². The van der Waals surface area contributed by atoms with E-state index in [0.717, 1.165) is 0 Å². The first-order valence-electron chi connectivity index (χ1n) is 6.39. The van der Waals surface area contributed by atoms with Gasteiger partial charge in [-0.25, -0.2) is 4.98 Å². The van der Waals surface area contributed by atoms with Crippen LogP contribution < -0.4 is 9.80 Å². The van der Waals surface area contributed by atoms with Crippen LogP contribution >= 0.6 is 11.3 Å². The zero-order chi connectivity index (χ0) is 10.8. The Hall–Kier alpha value is -0.770. The van der Waals surface area contributed by atoms with E-state index in [1.54, 1.807) is 0 Å². The zero-order valence-corrected chi connectivity index (χ0v) is 10.5. The van der Waals surface area contributed by atoms with Gasteiger partial charge in [0.2, 0.25) is 0 Å². The quantitative estimate of drug-likeness (QED) is 0.788. The van der Waals surface area contributed by atoms with Crippen LogP contribution in [0.4, 0.5) is 10.9 Å². The van der Waals surface area contributed by atoms with Crippen molar-refractivity contribution in [2.75, 3.05) is 36.0 Å². The summed E-state index contributed by atoms with van der Waals surface area (Å²) < 4.78 is 0. The van der Waals surface area contributed by atoms with E-state index in [9.17, 15) is 0 Å². The van der Waals surface area contributed by atoms with Crippen molar-refractivity contribution in [3.63, 3.8) is 0 Å². The fraction of sp³-hybridized carbons (Fsp3) is 0.750. The average Bonchev–Trinajstić information content (AvgIpc) is 3.01. The molecule has 0 spiro atoms. The SMILES string of the molecule is c1sc(N2CCCCC2)nc1N1CCCC1. The number of thiazole rings is 1. The zero-order valence-electron chi connectivity index (χ0n) is 9.69. The first-order valence-corrected chi connectivity index (χ1v) is 7.27. The molecule has 3 rings (SSSR count). The van der Waals surface area contributed by atoms with Gasteiger partial charge >= 0.3 is 0 Å². The van der Waals surface area contributed by atoms with Gasteiger partial charge in [-0.2, -0.15) is 0 Å². The molecule has 0 atom stereocenters. The van der Waals surface area contributed by atoms with Crippen LogP contribution in [0.25, 0.3) is 0 Å². The lowest BCUT2D eigenvalue weighted by Crippen LogP contribution is -2.29. The third-order valence-electron chi connectivity index (χ3n) is 3.54. The third-order valence-corrected chi connectivity index (χ3v) is 4.43. The third kappa shape index (κ3) is 2.03. The molecule has 0 amide bonds. The Kier molecular flexibility index (Phi) is 3.00. The smallest absolute Gasteiger partial charge is 0.187 e. The van der Waals surface area contributed by atoms with E-state index in [4.69, 9.17) is 4.98 Å². The molecule has 2 aliphatic rings. The Bertz CT molecular complexity index is 338. The second-order valence-electron chi connectivity index (χ2n) is 4.73. The molecule has 2 fully saturated rings. The van der Waals surface area contributed by atoms with Gasteiger partial charge in [-0.15, -0.1) is 11.3 Å². The van der Waals surface area contributed by atoms with Gasteiger partial charge in [-0.3, -0.25) is 0 Å². The highest BCUT2D eigenvalue weighted by molar-refractivity contribution is 7.14. The highest BCUT2D eigenvalue weighted by Crippen LogP contribution is 2.29. The summed E-state index contributed by atoms with van der Waals surface area (Å²) in [4.78, 5) is 9.66. The van der Waals surface area contributed by atoms with E-state index in [1.165, 1.54) is 69.2 Å². The van der Waals surface area contributed by atoms with E-state index in [-0.39, 0.29) is 0 Å². The molecular formula is C12H19N3S. The molecule has 3 heterocycles. The Morgan fingerprint density at radius 2 is 1.50 bits per heavy atom. The summed E-state index contributed by atoms with van der Waals surface area (Å²) >= 11 is 1.82. The standard InChI is InChI=1S/C12H19N3S/c1-2-8-15(9-3-1)12-13-11(10-16-12)14-6-4-5-7-14/h10H,1-9H2. The first kappa shape index (κ1) is 10.4. The molecule has 4 heteroatoms. The maximum absolute atomic E-state index is 4.79. The Labute approximate surface area is 101 Å². The fourth-order valence-corrected chi connectivity index (χ4v) is 3.47. The van der Waals surface area contributed by atoms with Crippen LogP contribution in [0.1, 0.15) is 32.1 Å².